The van der Waals surface area contributed by atoms with Crippen molar-refractivity contribution in [2.75, 3.05) is 34.6 Å². The fourth-order valence-corrected chi connectivity index (χ4v) is 3.32. The van der Waals surface area contributed by atoms with Crippen molar-refractivity contribution >= 4 is 17.1 Å². The van der Waals surface area contributed by atoms with E-state index < -0.39 is 7.60 Å². The molecule has 0 fully saturated rings. The zero-order valence-electron chi connectivity index (χ0n) is 9.69. The van der Waals surface area contributed by atoms with Crippen LogP contribution in [0.1, 0.15) is 6.42 Å². The van der Waals surface area contributed by atoms with Crippen LogP contribution in [0.25, 0.3) is 0 Å². The largest absolute Gasteiger partial charge is 0.360 e. The van der Waals surface area contributed by atoms with E-state index in [1.807, 2.05) is 0 Å². The van der Waals surface area contributed by atoms with Crippen molar-refractivity contribution in [2.24, 2.45) is 0 Å². The lowest BCUT2D eigenvalue weighted by Crippen LogP contribution is -2.21. The monoisotopic (exact) mass is 254 g/mol. The molecule has 7 heteroatoms. The van der Waals surface area contributed by atoms with E-state index in [9.17, 15) is 4.57 Å². The minimum atomic E-state index is -2.84. The van der Waals surface area contributed by atoms with E-state index >= 15 is 0 Å². The number of ether oxygens (including phenoxy) is 2. The standard InChI is InChI=1S/C8H19O5PSi/c1-10-8(11-2)15-7-5-6-14(9,12-3)13-4/h8H,5-7H2,1-4H3. The number of hydrogen-bond acceptors (Lipinski definition) is 5. The van der Waals surface area contributed by atoms with Crippen LogP contribution >= 0.6 is 7.60 Å². The maximum absolute atomic E-state index is 11.6. The fraction of sp³-hybridized carbons (Fsp3) is 1.00. The Kier molecular flexibility index (Phi) is 8.60. The van der Waals surface area contributed by atoms with Crippen molar-refractivity contribution in [3.8, 4) is 0 Å². The van der Waals surface area contributed by atoms with E-state index in [-0.39, 0.29) is 5.91 Å². The molecule has 90 valence electrons. The SMILES string of the molecule is COC(OC)[Si]CCCP(=O)(OC)OC. The molecule has 0 aliphatic rings. The molecule has 0 aromatic heterocycles. The van der Waals surface area contributed by atoms with Crippen molar-refractivity contribution in [2.45, 2.75) is 18.4 Å². The first kappa shape index (κ1) is 15.3. The molecule has 0 spiro atoms. The van der Waals surface area contributed by atoms with Crippen LogP contribution < -0.4 is 0 Å². The van der Waals surface area contributed by atoms with Gasteiger partial charge in [0.15, 0.2) is 0 Å². The summed E-state index contributed by atoms with van der Waals surface area (Å²) < 4.78 is 31.4. The van der Waals surface area contributed by atoms with Crippen LogP contribution in [-0.2, 0) is 23.1 Å². The second-order valence-electron chi connectivity index (χ2n) is 2.81. The van der Waals surface area contributed by atoms with Crippen molar-refractivity contribution < 1.29 is 23.1 Å². The maximum Gasteiger partial charge on any atom is 0.330 e. The quantitative estimate of drug-likeness (QED) is 0.270. The lowest BCUT2D eigenvalue weighted by atomic mass is 10.6. The van der Waals surface area contributed by atoms with Gasteiger partial charge in [0.2, 0.25) is 0 Å². The van der Waals surface area contributed by atoms with Gasteiger partial charge < -0.3 is 18.5 Å². The molecule has 0 atom stereocenters. The first-order valence-electron chi connectivity index (χ1n) is 4.61. The van der Waals surface area contributed by atoms with Gasteiger partial charge in [-0.05, 0) is 6.42 Å². The minimum Gasteiger partial charge on any atom is -0.360 e. The molecule has 0 N–H and O–H groups in total. The third kappa shape index (κ3) is 6.45. The minimum absolute atomic E-state index is 0.158. The second-order valence-corrected chi connectivity index (χ2v) is 6.59. The van der Waals surface area contributed by atoms with Crippen LogP contribution in [0.15, 0.2) is 0 Å². The van der Waals surface area contributed by atoms with Gasteiger partial charge >= 0.3 is 7.60 Å². The lowest BCUT2D eigenvalue weighted by Gasteiger charge is -2.14. The highest BCUT2D eigenvalue weighted by Gasteiger charge is 2.20. The average Bonchev–Trinajstić information content (AvgIpc) is 2.29. The Morgan fingerprint density at radius 1 is 1.13 bits per heavy atom. The van der Waals surface area contributed by atoms with Gasteiger partial charge in [0.1, 0.15) is 15.4 Å². The van der Waals surface area contributed by atoms with Gasteiger partial charge in [0.25, 0.3) is 0 Å². The van der Waals surface area contributed by atoms with E-state index in [1.54, 1.807) is 14.2 Å². The highest BCUT2D eigenvalue weighted by molar-refractivity contribution is 7.53. The fourth-order valence-electron chi connectivity index (χ4n) is 1.01. The van der Waals surface area contributed by atoms with Gasteiger partial charge in [0, 0.05) is 34.6 Å². The molecule has 0 saturated heterocycles. The summed E-state index contributed by atoms with van der Waals surface area (Å²) in [6, 6.07) is 0.892. The van der Waals surface area contributed by atoms with Crippen LogP contribution in [0.3, 0.4) is 0 Å². The third-order valence-electron chi connectivity index (χ3n) is 1.90. The summed E-state index contributed by atoms with van der Waals surface area (Å²) >= 11 is 0. The summed E-state index contributed by atoms with van der Waals surface area (Å²) in [5.41, 5.74) is 0. The van der Waals surface area contributed by atoms with E-state index in [0.29, 0.717) is 15.7 Å². The molecule has 0 unspecified atom stereocenters. The van der Waals surface area contributed by atoms with Gasteiger partial charge in [-0.25, -0.2) is 0 Å². The normalized spacial score (nSPS) is 12.3. The predicted molar refractivity (Wildman–Crippen MR) is 59.5 cm³/mol. The van der Waals surface area contributed by atoms with Gasteiger partial charge in [-0.15, -0.1) is 0 Å². The summed E-state index contributed by atoms with van der Waals surface area (Å²) in [7, 11) is 3.72. The zero-order chi connectivity index (χ0) is 11.7. The Hall–Kier alpha value is 0.287. The van der Waals surface area contributed by atoms with Crippen molar-refractivity contribution in [3.05, 3.63) is 0 Å². The summed E-state index contributed by atoms with van der Waals surface area (Å²) in [5, 5.41) is 0. The molecule has 0 aromatic carbocycles. The van der Waals surface area contributed by atoms with E-state index in [4.69, 9.17) is 18.5 Å². The van der Waals surface area contributed by atoms with Crippen LogP contribution in [-0.4, -0.2) is 50.0 Å². The number of hydrogen-bond donors (Lipinski definition) is 0. The number of rotatable bonds is 9. The summed E-state index contributed by atoms with van der Waals surface area (Å²) in [5.74, 6) is -0.158. The molecular weight excluding hydrogens is 235 g/mol. The molecule has 0 aliphatic heterocycles. The molecule has 0 amide bonds. The van der Waals surface area contributed by atoms with Crippen LogP contribution in [0, 0.1) is 0 Å². The molecule has 0 aromatic rings. The number of methoxy groups -OCH3 is 2. The second kappa shape index (κ2) is 8.44. The average molecular weight is 254 g/mol. The topological polar surface area (TPSA) is 54.0 Å². The van der Waals surface area contributed by atoms with Crippen molar-refractivity contribution in [1.29, 1.82) is 0 Å². The summed E-state index contributed by atoms with van der Waals surface area (Å²) in [4.78, 5) is 0. The van der Waals surface area contributed by atoms with Gasteiger partial charge in [-0.1, -0.05) is 6.04 Å². The van der Waals surface area contributed by atoms with Gasteiger partial charge in [0.05, 0.1) is 0 Å². The molecular formula is C8H19O5PSi. The molecule has 5 nitrogen and oxygen atoms in total. The van der Waals surface area contributed by atoms with E-state index in [2.05, 4.69) is 0 Å². The van der Waals surface area contributed by atoms with Gasteiger partial charge in [-0.3, -0.25) is 4.57 Å². The highest BCUT2D eigenvalue weighted by Crippen LogP contribution is 2.46. The maximum atomic E-state index is 11.6. The van der Waals surface area contributed by atoms with E-state index in [1.165, 1.54) is 14.2 Å². The van der Waals surface area contributed by atoms with Crippen LogP contribution in [0.4, 0.5) is 0 Å². The molecule has 0 bridgehead atoms. The highest BCUT2D eigenvalue weighted by atomic mass is 31.2. The van der Waals surface area contributed by atoms with Gasteiger partial charge in [-0.2, -0.15) is 0 Å². The molecule has 0 saturated carbocycles. The molecule has 15 heavy (non-hydrogen) atoms. The van der Waals surface area contributed by atoms with Crippen LogP contribution in [0.2, 0.25) is 6.04 Å². The summed E-state index contributed by atoms with van der Waals surface area (Å²) in [6.07, 6.45) is 1.22. The predicted octanol–water partition coefficient (Wildman–Crippen LogP) is 1.56. The first-order valence-corrected chi connectivity index (χ1v) is 7.62. The molecule has 0 heterocycles. The molecule has 0 aliphatic carbocycles. The third-order valence-corrected chi connectivity index (χ3v) is 5.33. The molecule has 2 radical (unpaired) electrons. The smallest absolute Gasteiger partial charge is 0.330 e. The Morgan fingerprint density at radius 3 is 2.07 bits per heavy atom. The zero-order valence-corrected chi connectivity index (χ0v) is 11.6. The summed E-state index contributed by atoms with van der Waals surface area (Å²) in [6.45, 7) is 0. The van der Waals surface area contributed by atoms with Crippen molar-refractivity contribution in [3.63, 3.8) is 0 Å². The Labute approximate surface area is 93.8 Å². The van der Waals surface area contributed by atoms with Crippen LogP contribution in [0.5, 0.6) is 0 Å². The van der Waals surface area contributed by atoms with E-state index in [0.717, 1.165) is 12.5 Å². The lowest BCUT2D eigenvalue weighted by molar-refractivity contribution is -0.0441. The Bertz CT molecular complexity index is 189. The molecule has 0 rings (SSSR count). The Balaban J connectivity index is 3.65. The van der Waals surface area contributed by atoms with Crippen molar-refractivity contribution in [1.82, 2.24) is 0 Å². The Morgan fingerprint density at radius 2 is 1.67 bits per heavy atom. The first-order chi connectivity index (χ1) is 7.11.